The van der Waals surface area contributed by atoms with Gasteiger partial charge in [-0.25, -0.2) is 0 Å². The van der Waals surface area contributed by atoms with Gasteiger partial charge in [0.05, 0.1) is 17.9 Å². The Morgan fingerprint density at radius 3 is 2.90 bits per heavy atom. The van der Waals surface area contributed by atoms with E-state index < -0.39 is 0 Å². The Morgan fingerprint density at radius 2 is 2.24 bits per heavy atom. The maximum absolute atomic E-state index is 9.15. The molecule has 0 aromatic heterocycles. The predicted octanol–water partition coefficient (Wildman–Crippen LogP) is 3.76. The van der Waals surface area contributed by atoms with E-state index in [9.17, 15) is 0 Å². The highest BCUT2D eigenvalue weighted by atomic mass is 16.5. The second-order valence-electron chi connectivity index (χ2n) is 6.01. The number of nitrogens with zero attached hydrogens (tertiary/aromatic N) is 1. The SMILES string of the molecule is CC/C(=N/O)c1ccccc1OC1CCOC2(CCC2)C1. The minimum Gasteiger partial charge on any atom is -0.490 e. The van der Waals surface area contributed by atoms with Crippen LogP contribution in [0.1, 0.15) is 51.0 Å². The summed E-state index contributed by atoms with van der Waals surface area (Å²) in [6, 6.07) is 7.81. The fourth-order valence-corrected chi connectivity index (χ4v) is 3.31. The zero-order chi connectivity index (χ0) is 14.7. The van der Waals surface area contributed by atoms with Crippen LogP contribution in [0.5, 0.6) is 5.75 Å². The Morgan fingerprint density at radius 1 is 1.43 bits per heavy atom. The minimum atomic E-state index is 0.0799. The summed E-state index contributed by atoms with van der Waals surface area (Å²) in [6.45, 7) is 2.76. The van der Waals surface area contributed by atoms with Crippen molar-refractivity contribution in [2.45, 2.75) is 57.2 Å². The molecule has 2 aliphatic rings. The summed E-state index contributed by atoms with van der Waals surface area (Å²) in [5.41, 5.74) is 1.63. The van der Waals surface area contributed by atoms with Crippen molar-refractivity contribution < 1.29 is 14.7 Å². The summed E-state index contributed by atoms with van der Waals surface area (Å²) in [5.74, 6) is 0.813. The lowest BCUT2D eigenvalue weighted by atomic mass is 9.74. The monoisotopic (exact) mass is 289 g/mol. The van der Waals surface area contributed by atoms with Gasteiger partial charge in [0.1, 0.15) is 11.9 Å². The van der Waals surface area contributed by atoms with E-state index in [1.807, 2.05) is 31.2 Å². The molecule has 1 saturated heterocycles. The molecule has 1 aromatic rings. The van der Waals surface area contributed by atoms with E-state index in [4.69, 9.17) is 14.7 Å². The number of hydrogen-bond donors (Lipinski definition) is 1. The Kier molecular flexibility index (Phi) is 4.15. The van der Waals surface area contributed by atoms with Crippen LogP contribution in [0.4, 0.5) is 0 Å². The van der Waals surface area contributed by atoms with E-state index >= 15 is 0 Å². The smallest absolute Gasteiger partial charge is 0.128 e. The lowest BCUT2D eigenvalue weighted by Crippen LogP contribution is -2.48. The molecule has 4 nitrogen and oxygen atoms in total. The molecule has 0 bridgehead atoms. The summed E-state index contributed by atoms with van der Waals surface area (Å²) < 4.78 is 12.2. The molecule has 3 rings (SSSR count). The van der Waals surface area contributed by atoms with E-state index in [2.05, 4.69) is 5.16 Å². The average molecular weight is 289 g/mol. The van der Waals surface area contributed by atoms with Gasteiger partial charge in [-0.15, -0.1) is 0 Å². The summed E-state index contributed by atoms with van der Waals surface area (Å²) in [7, 11) is 0. The first-order valence-corrected chi connectivity index (χ1v) is 7.87. The number of ether oxygens (including phenoxy) is 2. The highest BCUT2D eigenvalue weighted by Gasteiger charge is 2.43. The third-order valence-corrected chi connectivity index (χ3v) is 4.66. The first-order valence-electron chi connectivity index (χ1n) is 7.87. The molecule has 114 valence electrons. The molecule has 4 heteroatoms. The van der Waals surface area contributed by atoms with Gasteiger partial charge < -0.3 is 14.7 Å². The predicted molar refractivity (Wildman–Crippen MR) is 81.2 cm³/mol. The Balaban J connectivity index is 1.75. The fraction of sp³-hybridized carbons (Fsp3) is 0.588. The number of oxime groups is 1. The van der Waals surface area contributed by atoms with Gasteiger partial charge in [0.25, 0.3) is 0 Å². The lowest BCUT2D eigenvalue weighted by Gasteiger charge is -2.47. The fourth-order valence-electron chi connectivity index (χ4n) is 3.31. The second kappa shape index (κ2) is 6.06. The van der Waals surface area contributed by atoms with Crippen molar-refractivity contribution >= 4 is 5.71 Å². The Bertz CT molecular complexity index is 523. The van der Waals surface area contributed by atoms with Crippen LogP contribution >= 0.6 is 0 Å². The zero-order valence-electron chi connectivity index (χ0n) is 12.5. The van der Waals surface area contributed by atoms with Gasteiger partial charge in [0.2, 0.25) is 0 Å². The largest absolute Gasteiger partial charge is 0.490 e. The van der Waals surface area contributed by atoms with Crippen molar-refractivity contribution in [1.82, 2.24) is 0 Å². The van der Waals surface area contributed by atoms with Crippen molar-refractivity contribution in [2.24, 2.45) is 5.16 Å². The highest BCUT2D eigenvalue weighted by molar-refractivity contribution is 6.02. The van der Waals surface area contributed by atoms with Crippen LogP contribution < -0.4 is 4.74 Å². The van der Waals surface area contributed by atoms with Crippen molar-refractivity contribution in [3.05, 3.63) is 29.8 Å². The minimum absolute atomic E-state index is 0.0799. The first-order chi connectivity index (χ1) is 10.3. The van der Waals surface area contributed by atoms with Crippen molar-refractivity contribution in [2.75, 3.05) is 6.61 Å². The van der Waals surface area contributed by atoms with Gasteiger partial charge in [-0.3, -0.25) is 0 Å². The van der Waals surface area contributed by atoms with E-state index in [-0.39, 0.29) is 11.7 Å². The van der Waals surface area contributed by atoms with Crippen LogP contribution in [0.3, 0.4) is 0 Å². The standard InChI is InChI=1S/C17H23NO3/c1-2-15(18-19)14-6-3-4-7-16(14)21-13-8-11-20-17(12-13)9-5-10-17/h3-4,6-7,13,19H,2,5,8-12H2,1H3/b18-15-. The van der Waals surface area contributed by atoms with Crippen LogP contribution in [0.25, 0.3) is 0 Å². The summed E-state index contributed by atoms with van der Waals surface area (Å²) in [4.78, 5) is 0. The molecule has 21 heavy (non-hydrogen) atoms. The first kappa shape index (κ1) is 14.4. The molecule has 1 N–H and O–H groups in total. The molecule has 1 spiro atoms. The van der Waals surface area contributed by atoms with Gasteiger partial charge in [-0.05, 0) is 37.8 Å². The summed E-state index contributed by atoms with van der Waals surface area (Å²) in [5, 5.41) is 12.6. The zero-order valence-corrected chi connectivity index (χ0v) is 12.5. The van der Waals surface area contributed by atoms with Crippen LogP contribution in [0.15, 0.2) is 29.4 Å². The van der Waals surface area contributed by atoms with Crippen LogP contribution in [-0.4, -0.2) is 29.2 Å². The summed E-state index contributed by atoms with van der Waals surface area (Å²) >= 11 is 0. The molecule has 0 amide bonds. The van der Waals surface area contributed by atoms with Crippen LogP contribution in [-0.2, 0) is 4.74 Å². The quantitative estimate of drug-likeness (QED) is 0.521. The van der Waals surface area contributed by atoms with Crippen molar-refractivity contribution in [3.63, 3.8) is 0 Å². The summed E-state index contributed by atoms with van der Waals surface area (Å²) in [6.07, 6.45) is 6.35. The molecule has 0 radical (unpaired) electrons. The van der Waals surface area contributed by atoms with E-state index in [0.717, 1.165) is 43.6 Å². The number of para-hydroxylation sites is 1. The average Bonchev–Trinajstić information content (AvgIpc) is 2.49. The van der Waals surface area contributed by atoms with Gasteiger partial charge in [-0.1, -0.05) is 24.2 Å². The lowest BCUT2D eigenvalue weighted by molar-refractivity contribution is -0.153. The molecule has 1 aliphatic carbocycles. The van der Waals surface area contributed by atoms with Crippen LogP contribution in [0.2, 0.25) is 0 Å². The molecule has 1 aromatic carbocycles. The Labute approximate surface area is 125 Å². The van der Waals surface area contributed by atoms with Gasteiger partial charge in [0, 0.05) is 18.4 Å². The molecular formula is C17H23NO3. The normalized spacial score (nSPS) is 24.6. The molecule has 2 fully saturated rings. The molecular weight excluding hydrogens is 266 g/mol. The van der Waals surface area contributed by atoms with Gasteiger partial charge in [-0.2, -0.15) is 0 Å². The third-order valence-electron chi connectivity index (χ3n) is 4.66. The number of hydrogen-bond acceptors (Lipinski definition) is 4. The van der Waals surface area contributed by atoms with E-state index in [0.29, 0.717) is 12.1 Å². The molecule has 1 unspecified atom stereocenters. The topological polar surface area (TPSA) is 51.1 Å². The molecule has 1 saturated carbocycles. The second-order valence-corrected chi connectivity index (χ2v) is 6.01. The van der Waals surface area contributed by atoms with E-state index in [1.165, 1.54) is 6.42 Å². The number of rotatable bonds is 4. The Hall–Kier alpha value is -1.55. The number of benzene rings is 1. The van der Waals surface area contributed by atoms with E-state index in [1.54, 1.807) is 0 Å². The van der Waals surface area contributed by atoms with Crippen molar-refractivity contribution in [3.8, 4) is 5.75 Å². The van der Waals surface area contributed by atoms with Crippen molar-refractivity contribution in [1.29, 1.82) is 0 Å². The van der Waals surface area contributed by atoms with Gasteiger partial charge >= 0.3 is 0 Å². The van der Waals surface area contributed by atoms with Gasteiger partial charge in [0.15, 0.2) is 0 Å². The highest BCUT2D eigenvalue weighted by Crippen LogP contribution is 2.43. The van der Waals surface area contributed by atoms with Crippen LogP contribution in [0, 0.1) is 0 Å². The molecule has 1 heterocycles. The third kappa shape index (κ3) is 2.91. The maximum Gasteiger partial charge on any atom is 0.128 e. The molecule has 1 aliphatic heterocycles. The maximum atomic E-state index is 9.15. The molecule has 1 atom stereocenters.